The monoisotopic (exact) mass is 270 g/mol. The van der Waals surface area contributed by atoms with Gasteiger partial charge >= 0.3 is 0 Å². The lowest BCUT2D eigenvalue weighted by Gasteiger charge is -2.42. The van der Waals surface area contributed by atoms with Gasteiger partial charge in [-0.05, 0) is 36.6 Å². The van der Waals surface area contributed by atoms with Gasteiger partial charge in [-0.2, -0.15) is 0 Å². The van der Waals surface area contributed by atoms with Crippen LogP contribution in [0.4, 0.5) is 0 Å². The van der Waals surface area contributed by atoms with Crippen LogP contribution in [0, 0.1) is 17.3 Å². The van der Waals surface area contributed by atoms with Crippen LogP contribution in [0.2, 0.25) is 0 Å². The minimum atomic E-state index is 0.356. The molecule has 0 aromatic heterocycles. The Morgan fingerprint density at radius 2 is 1.95 bits per heavy atom. The predicted octanol–water partition coefficient (Wildman–Crippen LogP) is 2.75. The molecule has 0 bridgehead atoms. The van der Waals surface area contributed by atoms with Crippen LogP contribution in [0.5, 0.6) is 0 Å². The van der Waals surface area contributed by atoms with Crippen LogP contribution in [0.1, 0.15) is 46.5 Å². The fourth-order valence-corrected chi connectivity index (χ4v) is 3.25. The first-order valence-electron chi connectivity index (χ1n) is 7.92. The lowest BCUT2D eigenvalue weighted by molar-refractivity contribution is 0.0680. The van der Waals surface area contributed by atoms with Gasteiger partial charge in [0.15, 0.2) is 0 Å². The zero-order chi connectivity index (χ0) is 14.3. The number of rotatable bonds is 8. The maximum atomic E-state index is 6.13. The van der Waals surface area contributed by atoms with Crippen LogP contribution in [0.25, 0.3) is 0 Å². The largest absolute Gasteiger partial charge is 0.383 e. The van der Waals surface area contributed by atoms with Crippen LogP contribution in [-0.4, -0.2) is 44.8 Å². The fourth-order valence-electron chi connectivity index (χ4n) is 3.25. The van der Waals surface area contributed by atoms with E-state index in [1.165, 1.54) is 25.7 Å². The van der Waals surface area contributed by atoms with Crippen molar-refractivity contribution in [3.63, 3.8) is 0 Å². The highest BCUT2D eigenvalue weighted by atomic mass is 16.5. The average molecular weight is 270 g/mol. The van der Waals surface area contributed by atoms with Crippen molar-refractivity contribution in [3.05, 3.63) is 0 Å². The normalized spacial score (nSPS) is 28.3. The second-order valence-electron chi connectivity index (χ2n) is 7.01. The van der Waals surface area contributed by atoms with E-state index in [0.29, 0.717) is 11.3 Å². The zero-order valence-corrected chi connectivity index (χ0v) is 13.5. The molecule has 0 spiro atoms. The first kappa shape index (κ1) is 16.9. The van der Waals surface area contributed by atoms with Crippen molar-refractivity contribution in [2.75, 3.05) is 39.9 Å². The second kappa shape index (κ2) is 8.23. The van der Waals surface area contributed by atoms with Crippen molar-refractivity contribution < 1.29 is 4.74 Å². The Kier molecular flexibility index (Phi) is 7.33. The van der Waals surface area contributed by atoms with E-state index in [0.717, 1.165) is 38.7 Å². The molecule has 0 aromatic rings. The van der Waals surface area contributed by atoms with Gasteiger partial charge in [-0.3, -0.25) is 0 Å². The van der Waals surface area contributed by atoms with E-state index in [1.54, 1.807) is 7.11 Å². The second-order valence-corrected chi connectivity index (χ2v) is 7.01. The molecule has 0 unspecified atom stereocenters. The van der Waals surface area contributed by atoms with Gasteiger partial charge in [0.1, 0.15) is 0 Å². The van der Waals surface area contributed by atoms with Crippen molar-refractivity contribution in [3.8, 4) is 0 Å². The van der Waals surface area contributed by atoms with Crippen LogP contribution < -0.4 is 5.73 Å². The summed E-state index contributed by atoms with van der Waals surface area (Å²) in [5.74, 6) is 1.59. The zero-order valence-electron chi connectivity index (χ0n) is 13.5. The third-order valence-electron chi connectivity index (χ3n) is 4.56. The molecule has 3 nitrogen and oxygen atoms in total. The van der Waals surface area contributed by atoms with Crippen LogP contribution in [0.3, 0.4) is 0 Å². The van der Waals surface area contributed by atoms with Crippen molar-refractivity contribution >= 4 is 0 Å². The first-order valence-corrected chi connectivity index (χ1v) is 7.92. The maximum absolute atomic E-state index is 6.13. The number of hydrogen-bond acceptors (Lipinski definition) is 3. The van der Waals surface area contributed by atoms with Gasteiger partial charge in [-0.25, -0.2) is 0 Å². The molecule has 0 heterocycles. The third-order valence-corrected chi connectivity index (χ3v) is 4.56. The van der Waals surface area contributed by atoms with Gasteiger partial charge in [-0.1, -0.05) is 33.6 Å². The smallest absolute Gasteiger partial charge is 0.0589 e. The number of nitrogens with zero attached hydrogens (tertiary/aromatic N) is 1. The Bertz CT molecular complexity index is 235. The van der Waals surface area contributed by atoms with Gasteiger partial charge in [-0.15, -0.1) is 0 Å². The summed E-state index contributed by atoms with van der Waals surface area (Å²) in [6.07, 6.45) is 5.28. The van der Waals surface area contributed by atoms with Crippen molar-refractivity contribution in [1.82, 2.24) is 4.90 Å². The number of nitrogens with two attached hydrogens (primary N) is 1. The predicted molar refractivity (Wildman–Crippen MR) is 82.3 cm³/mol. The molecule has 0 aliphatic heterocycles. The molecule has 1 aliphatic rings. The highest BCUT2D eigenvalue weighted by Crippen LogP contribution is 2.38. The summed E-state index contributed by atoms with van der Waals surface area (Å²) in [5.41, 5.74) is 6.49. The molecule has 0 aromatic carbocycles. The van der Waals surface area contributed by atoms with Crippen LogP contribution in [0.15, 0.2) is 0 Å². The minimum Gasteiger partial charge on any atom is -0.383 e. The van der Waals surface area contributed by atoms with E-state index in [4.69, 9.17) is 10.5 Å². The summed E-state index contributed by atoms with van der Waals surface area (Å²) in [6, 6.07) is 0. The van der Waals surface area contributed by atoms with Crippen LogP contribution >= 0.6 is 0 Å². The molecular weight excluding hydrogens is 236 g/mol. The summed E-state index contributed by atoms with van der Waals surface area (Å²) in [4.78, 5) is 2.57. The highest BCUT2D eigenvalue weighted by molar-refractivity contribution is 4.88. The average Bonchev–Trinajstić information content (AvgIpc) is 2.38. The van der Waals surface area contributed by atoms with E-state index in [-0.39, 0.29) is 0 Å². The number of hydrogen-bond donors (Lipinski definition) is 1. The summed E-state index contributed by atoms with van der Waals surface area (Å²) in [7, 11) is 1.79. The Morgan fingerprint density at radius 1 is 1.32 bits per heavy atom. The van der Waals surface area contributed by atoms with E-state index in [1.807, 2.05) is 0 Å². The van der Waals surface area contributed by atoms with Gasteiger partial charge in [0.05, 0.1) is 6.61 Å². The Labute approximate surface area is 119 Å². The van der Waals surface area contributed by atoms with Crippen molar-refractivity contribution in [2.45, 2.75) is 46.5 Å². The SMILES string of the molecule is COCCN(CC(C)C)CC1(CN)CCC(C)CC1. The topological polar surface area (TPSA) is 38.5 Å². The molecule has 114 valence electrons. The number of ether oxygens (including phenoxy) is 1. The van der Waals surface area contributed by atoms with Gasteiger partial charge in [0.2, 0.25) is 0 Å². The highest BCUT2D eigenvalue weighted by Gasteiger charge is 2.34. The first-order chi connectivity index (χ1) is 9.01. The Balaban J connectivity index is 2.57. The van der Waals surface area contributed by atoms with Gasteiger partial charge in [0, 0.05) is 26.7 Å². The van der Waals surface area contributed by atoms with E-state index >= 15 is 0 Å². The summed E-state index contributed by atoms with van der Waals surface area (Å²) < 4.78 is 5.25. The fraction of sp³-hybridized carbons (Fsp3) is 1.00. The molecule has 19 heavy (non-hydrogen) atoms. The summed E-state index contributed by atoms with van der Waals surface area (Å²) >= 11 is 0. The molecule has 0 atom stereocenters. The van der Waals surface area contributed by atoms with Crippen molar-refractivity contribution in [2.24, 2.45) is 23.0 Å². The molecule has 0 radical (unpaired) electrons. The van der Waals surface area contributed by atoms with E-state index in [9.17, 15) is 0 Å². The lowest BCUT2D eigenvalue weighted by atomic mass is 9.70. The maximum Gasteiger partial charge on any atom is 0.0589 e. The molecule has 3 heteroatoms. The minimum absolute atomic E-state index is 0.356. The Morgan fingerprint density at radius 3 is 2.42 bits per heavy atom. The quantitative estimate of drug-likeness (QED) is 0.737. The van der Waals surface area contributed by atoms with Crippen LogP contribution in [-0.2, 0) is 4.74 Å². The summed E-state index contributed by atoms with van der Waals surface area (Å²) in [6.45, 7) is 11.9. The molecule has 2 N–H and O–H groups in total. The Hall–Kier alpha value is -0.120. The van der Waals surface area contributed by atoms with E-state index < -0.39 is 0 Å². The van der Waals surface area contributed by atoms with E-state index in [2.05, 4.69) is 25.7 Å². The number of methoxy groups -OCH3 is 1. The molecule has 1 saturated carbocycles. The molecule has 1 fully saturated rings. The molecule has 1 rings (SSSR count). The molecule has 1 aliphatic carbocycles. The third kappa shape index (κ3) is 5.80. The standard InChI is InChI=1S/C16H34N2O/c1-14(2)11-18(9-10-19-4)13-16(12-17)7-5-15(3)6-8-16/h14-15H,5-13,17H2,1-4H3. The summed E-state index contributed by atoms with van der Waals surface area (Å²) in [5, 5.41) is 0. The molecule has 0 saturated heterocycles. The molecular formula is C16H34N2O. The van der Waals surface area contributed by atoms with Crippen molar-refractivity contribution in [1.29, 1.82) is 0 Å². The molecule has 0 amide bonds. The van der Waals surface area contributed by atoms with Gasteiger partial charge in [0.25, 0.3) is 0 Å². The lowest BCUT2D eigenvalue weighted by Crippen LogP contribution is -2.46. The van der Waals surface area contributed by atoms with Gasteiger partial charge < -0.3 is 15.4 Å².